The maximum absolute atomic E-state index is 14.5. The van der Waals surface area contributed by atoms with Gasteiger partial charge in [-0.2, -0.15) is 0 Å². The standard InChI is InChI=1S/C84H84N6O4/c1-79(2,3)51-36-48(37-52(42-51)80(4,5)6)72-65-30-28-63(85-65)71(47-24-26-58(27-25-47)90-77(93)61-45-59-60(46-62(61)78(90)94)76(92)89(75(59)91)57-22-20-19-21-23-57)64-29-31-66(86-64)73(49-38-53(81(7,8)9)43-54(39-49)82(10,11)12)68-33-35-70(88-68)74(69-34-32-67(72)87-69)50-40-55(83(13,14)15)44-56(41-50)84(16,17)18/h19-46,85,88H,1-18H3. The van der Waals surface area contributed by atoms with Gasteiger partial charge in [0, 0.05) is 44.3 Å². The number of aromatic nitrogens is 6. The second-order valence-corrected chi connectivity index (χ2v) is 32.1. The third kappa shape index (κ3) is 11.2. The molecule has 7 heterocycles. The van der Waals surface area contributed by atoms with Gasteiger partial charge in [0.05, 0.1) is 55.7 Å². The van der Waals surface area contributed by atoms with Crippen LogP contribution in [0.1, 0.15) is 181 Å². The Hall–Kier alpha value is -9.80. The van der Waals surface area contributed by atoms with Gasteiger partial charge in [0.15, 0.2) is 0 Å². The summed E-state index contributed by atoms with van der Waals surface area (Å²) in [5.74, 6) is 0. The number of benzene rings is 6. The number of rotatable bonds is 6. The normalized spacial score (nSPS) is 13.3. The average Bonchev–Trinajstić information content (AvgIpc) is 1.57. The molecule has 10 heteroatoms. The fraction of sp³-hybridized carbons (Fsp3) is 0.286. The quantitative estimate of drug-likeness (QED) is 0.170. The number of fused-ring (bicyclic) bond motifs is 10. The smallest absolute Gasteiger partial charge is 0.266 e. The minimum absolute atomic E-state index is 0.0619. The molecule has 0 saturated heterocycles. The second-order valence-electron chi connectivity index (χ2n) is 32.1. The van der Waals surface area contributed by atoms with Crippen LogP contribution < -0.4 is 22.2 Å². The van der Waals surface area contributed by atoms with Gasteiger partial charge in [-0.15, -0.1) is 0 Å². The number of aromatic amines is 2. The molecular formula is C84H84N6O4. The summed E-state index contributed by atoms with van der Waals surface area (Å²) in [6.45, 7) is 40.9. The molecule has 10 nitrogen and oxygen atoms in total. The van der Waals surface area contributed by atoms with E-state index in [4.69, 9.17) is 9.97 Å². The lowest BCUT2D eigenvalue weighted by Crippen LogP contribution is -2.24. The number of nitrogens with one attached hydrogen (secondary N) is 2. The van der Waals surface area contributed by atoms with Crippen LogP contribution in [0.5, 0.6) is 0 Å². The molecule has 0 unspecified atom stereocenters. The summed E-state index contributed by atoms with van der Waals surface area (Å²) in [5, 5.41) is 0.280. The van der Waals surface area contributed by atoms with Crippen molar-refractivity contribution in [3.05, 3.63) is 243 Å². The van der Waals surface area contributed by atoms with Crippen LogP contribution in [0.25, 0.3) is 124 Å². The summed E-state index contributed by atoms with van der Waals surface area (Å²) >= 11 is 0. The SMILES string of the molecule is CC(C)(C)c1cc(-c2c3nc(c(-c4cc(C(C)(C)C)cc(C(C)(C)C)c4)c4ccc([nH]4)c(-c4cc(C(C)(C)C)cc(C(C)(C)C)c4)c4nc(c(-c5ccc(-n6c(=O)c7cc8c(=O)n(-c9ccccc9)c(=O)c8cc7c6=O)cc5)c5ccc2[nH]5)C=C4)C=C3)cc(C(C)(C)C)c1. The van der Waals surface area contributed by atoms with E-state index in [9.17, 15) is 19.2 Å². The Morgan fingerprint density at radius 2 is 0.521 bits per heavy atom. The third-order valence-corrected chi connectivity index (χ3v) is 18.9. The van der Waals surface area contributed by atoms with E-state index in [1.54, 1.807) is 42.5 Å². The summed E-state index contributed by atoms with van der Waals surface area (Å²) in [6.07, 6.45) is 8.56. The lowest BCUT2D eigenvalue weighted by molar-refractivity contribution is 0.568. The van der Waals surface area contributed by atoms with Gasteiger partial charge in [-0.25, -0.2) is 19.1 Å². The molecule has 13 rings (SSSR count). The zero-order valence-corrected chi connectivity index (χ0v) is 57.6. The molecule has 6 aromatic carbocycles. The van der Waals surface area contributed by atoms with Crippen molar-refractivity contribution in [2.75, 3.05) is 0 Å². The fourth-order valence-electron chi connectivity index (χ4n) is 13.1. The number of para-hydroxylation sites is 1. The van der Waals surface area contributed by atoms with Crippen molar-refractivity contribution in [1.82, 2.24) is 29.1 Å². The van der Waals surface area contributed by atoms with E-state index in [0.29, 0.717) is 17.1 Å². The molecule has 0 atom stereocenters. The molecule has 0 amide bonds. The maximum atomic E-state index is 14.5. The zero-order chi connectivity index (χ0) is 67.3. The van der Waals surface area contributed by atoms with Gasteiger partial charge in [0.25, 0.3) is 22.2 Å². The highest BCUT2D eigenvalue weighted by atomic mass is 16.2. The van der Waals surface area contributed by atoms with Gasteiger partial charge >= 0.3 is 0 Å². The number of nitrogens with zero attached hydrogens (tertiary/aromatic N) is 4. The van der Waals surface area contributed by atoms with E-state index in [-0.39, 0.29) is 54.0 Å². The molecule has 0 radical (unpaired) electrons. The first-order valence-corrected chi connectivity index (χ1v) is 32.8. The lowest BCUT2D eigenvalue weighted by Gasteiger charge is -2.26. The minimum Gasteiger partial charge on any atom is -0.354 e. The van der Waals surface area contributed by atoms with Gasteiger partial charge in [0.2, 0.25) is 0 Å². The zero-order valence-electron chi connectivity index (χ0n) is 57.6. The van der Waals surface area contributed by atoms with E-state index in [1.807, 2.05) is 12.1 Å². The molecule has 2 aliphatic heterocycles. The molecule has 8 bridgehead atoms. The summed E-state index contributed by atoms with van der Waals surface area (Å²) in [7, 11) is 0. The van der Waals surface area contributed by atoms with Crippen molar-refractivity contribution in [3.8, 4) is 55.9 Å². The Bertz CT molecular complexity index is 5190. The Balaban J connectivity index is 1.13. The molecule has 0 spiro atoms. The highest BCUT2D eigenvalue weighted by Crippen LogP contribution is 2.44. The Morgan fingerprint density at radius 1 is 0.277 bits per heavy atom. The van der Waals surface area contributed by atoms with Gasteiger partial charge in [0.1, 0.15) is 0 Å². The molecule has 94 heavy (non-hydrogen) atoms. The first-order chi connectivity index (χ1) is 44.0. The van der Waals surface area contributed by atoms with Crippen LogP contribution in [0.15, 0.2) is 165 Å². The first-order valence-electron chi connectivity index (χ1n) is 32.8. The van der Waals surface area contributed by atoms with E-state index >= 15 is 0 Å². The number of hydrogen-bond acceptors (Lipinski definition) is 6. The largest absolute Gasteiger partial charge is 0.354 e. The van der Waals surface area contributed by atoms with E-state index in [0.717, 1.165) is 92.8 Å². The van der Waals surface area contributed by atoms with Crippen LogP contribution in [0.2, 0.25) is 0 Å². The minimum atomic E-state index is -0.585. The lowest BCUT2D eigenvalue weighted by atomic mass is 9.78. The molecule has 0 saturated carbocycles. The molecule has 2 aliphatic rings. The highest BCUT2D eigenvalue weighted by Gasteiger charge is 2.29. The van der Waals surface area contributed by atoms with Crippen LogP contribution in [0.3, 0.4) is 0 Å². The van der Waals surface area contributed by atoms with Gasteiger partial charge < -0.3 is 9.97 Å². The van der Waals surface area contributed by atoms with Gasteiger partial charge in [-0.3, -0.25) is 19.2 Å². The monoisotopic (exact) mass is 1240 g/mol. The van der Waals surface area contributed by atoms with Crippen LogP contribution in [0, 0.1) is 0 Å². The molecule has 0 fully saturated rings. The molecule has 2 N–H and O–H groups in total. The van der Waals surface area contributed by atoms with Gasteiger partial charge in [-0.05, 0) is 173 Å². The van der Waals surface area contributed by atoms with E-state index in [1.165, 1.54) is 45.5 Å². The predicted molar refractivity (Wildman–Crippen MR) is 394 cm³/mol. The van der Waals surface area contributed by atoms with E-state index < -0.39 is 22.2 Å². The van der Waals surface area contributed by atoms with Crippen molar-refractivity contribution in [1.29, 1.82) is 0 Å². The van der Waals surface area contributed by atoms with Crippen LogP contribution in [-0.2, 0) is 32.5 Å². The molecule has 11 aromatic rings. The Labute approximate surface area is 550 Å². The Morgan fingerprint density at radius 3 is 0.777 bits per heavy atom. The Kier molecular flexibility index (Phi) is 14.7. The van der Waals surface area contributed by atoms with E-state index in [2.05, 4.69) is 238 Å². The molecule has 5 aromatic heterocycles. The first kappa shape index (κ1) is 63.0. The average molecular weight is 1240 g/mol. The van der Waals surface area contributed by atoms with Crippen molar-refractivity contribution >= 4 is 67.9 Å². The predicted octanol–water partition coefficient (Wildman–Crippen LogP) is 19.3. The third-order valence-electron chi connectivity index (χ3n) is 18.9. The summed E-state index contributed by atoms with van der Waals surface area (Å²) in [5.41, 5.74) is 18.9. The summed E-state index contributed by atoms with van der Waals surface area (Å²) in [6, 6.07) is 48.6. The maximum Gasteiger partial charge on any atom is 0.266 e. The summed E-state index contributed by atoms with van der Waals surface area (Å²) < 4.78 is 2.21. The second kappa shape index (κ2) is 21.9. The van der Waals surface area contributed by atoms with Crippen molar-refractivity contribution in [2.45, 2.75) is 157 Å². The molecule has 474 valence electrons. The van der Waals surface area contributed by atoms with Crippen LogP contribution >= 0.6 is 0 Å². The topological polar surface area (TPSA) is 135 Å². The molecular weight excluding hydrogens is 1160 g/mol. The number of hydrogen-bond donors (Lipinski definition) is 2. The van der Waals surface area contributed by atoms with Crippen LogP contribution in [0.4, 0.5) is 0 Å². The van der Waals surface area contributed by atoms with Crippen LogP contribution in [-0.4, -0.2) is 29.1 Å². The van der Waals surface area contributed by atoms with Gasteiger partial charge in [-0.1, -0.05) is 210 Å². The fourth-order valence-corrected chi connectivity index (χ4v) is 13.1. The van der Waals surface area contributed by atoms with Crippen molar-refractivity contribution in [2.24, 2.45) is 0 Å². The van der Waals surface area contributed by atoms with Crippen molar-refractivity contribution in [3.63, 3.8) is 0 Å². The van der Waals surface area contributed by atoms with Crippen molar-refractivity contribution < 1.29 is 0 Å². The molecule has 0 aliphatic carbocycles. The highest BCUT2D eigenvalue weighted by molar-refractivity contribution is 6.01. The number of H-pyrrole nitrogens is 2. The summed E-state index contributed by atoms with van der Waals surface area (Å²) in [4.78, 5) is 76.4.